The van der Waals surface area contributed by atoms with E-state index in [4.69, 9.17) is 44.6 Å². The van der Waals surface area contributed by atoms with E-state index in [2.05, 4.69) is 0 Å². The van der Waals surface area contributed by atoms with Gasteiger partial charge < -0.3 is 9.64 Å². The highest BCUT2D eigenvalue weighted by atomic mass is 35.5. The molecule has 0 aliphatic carbocycles. The van der Waals surface area contributed by atoms with E-state index in [1.54, 1.807) is 19.2 Å². The number of methoxy groups -OCH3 is 1. The summed E-state index contributed by atoms with van der Waals surface area (Å²) in [5.41, 5.74) is 1.78. The zero-order chi connectivity index (χ0) is 23.0. The van der Waals surface area contributed by atoms with Gasteiger partial charge in [-0.05, 0) is 62.6 Å². The number of carbonyl (C=O) groups is 1. The van der Waals surface area contributed by atoms with E-state index in [-0.39, 0.29) is 18.0 Å². The second-order valence-electron chi connectivity index (χ2n) is 8.72. The summed E-state index contributed by atoms with van der Waals surface area (Å²) >= 11 is 18.7. The first-order valence-corrected chi connectivity index (χ1v) is 11.8. The van der Waals surface area contributed by atoms with Gasteiger partial charge in [0.1, 0.15) is 5.71 Å². The summed E-state index contributed by atoms with van der Waals surface area (Å²) in [6.45, 7) is 4.74. The van der Waals surface area contributed by atoms with Gasteiger partial charge in [0.05, 0.1) is 28.4 Å². The first-order chi connectivity index (χ1) is 15.2. The van der Waals surface area contributed by atoms with Crippen LogP contribution >= 0.6 is 34.8 Å². The molecule has 0 spiro atoms. The molecule has 0 saturated carbocycles. The Morgan fingerprint density at radius 3 is 2.44 bits per heavy atom. The van der Waals surface area contributed by atoms with Crippen LogP contribution in [0.4, 0.5) is 5.69 Å². The third-order valence-electron chi connectivity index (χ3n) is 6.41. The summed E-state index contributed by atoms with van der Waals surface area (Å²) in [4.78, 5) is 15.5. The molecule has 170 valence electrons. The summed E-state index contributed by atoms with van der Waals surface area (Å²) in [6, 6.07) is 12.7. The first-order valence-electron chi connectivity index (χ1n) is 10.6. The fourth-order valence-corrected chi connectivity index (χ4v) is 5.13. The quantitative estimate of drug-likeness (QED) is 0.485. The Bertz CT molecular complexity index is 1040. The van der Waals surface area contributed by atoms with Gasteiger partial charge in [0.15, 0.2) is 0 Å². The molecule has 1 fully saturated rings. The number of amides is 1. The molecule has 2 aliphatic heterocycles. The average Bonchev–Trinajstić information content (AvgIpc) is 3.42. The minimum absolute atomic E-state index is 0.00449. The molecule has 1 saturated heterocycles. The molecule has 0 radical (unpaired) electrons. The van der Waals surface area contributed by atoms with Crippen LogP contribution in [0.15, 0.2) is 47.6 Å². The number of likely N-dealkylation sites (tertiary alicyclic amines) is 1. The highest BCUT2D eigenvalue weighted by Crippen LogP contribution is 2.40. The molecule has 1 amide bonds. The van der Waals surface area contributed by atoms with E-state index in [0.717, 1.165) is 18.4 Å². The van der Waals surface area contributed by atoms with Crippen LogP contribution in [0.2, 0.25) is 15.1 Å². The monoisotopic (exact) mass is 493 g/mol. The van der Waals surface area contributed by atoms with Crippen molar-refractivity contribution in [1.29, 1.82) is 0 Å². The number of rotatable bonds is 5. The van der Waals surface area contributed by atoms with Gasteiger partial charge in [0.2, 0.25) is 0 Å². The summed E-state index contributed by atoms with van der Waals surface area (Å²) in [5, 5.41) is 8.27. The van der Waals surface area contributed by atoms with Gasteiger partial charge in [-0.3, -0.25) is 9.80 Å². The number of benzene rings is 2. The van der Waals surface area contributed by atoms with Crippen LogP contribution in [0.5, 0.6) is 0 Å². The highest BCUT2D eigenvalue weighted by Gasteiger charge is 2.43. The smallest absolute Gasteiger partial charge is 0.270 e. The number of nitrogens with zero attached hydrogens (tertiary/aromatic N) is 3. The maximum absolute atomic E-state index is 13.6. The van der Waals surface area contributed by atoms with Crippen LogP contribution in [-0.4, -0.2) is 41.8 Å². The van der Waals surface area contributed by atoms with Crippen molar-refractivity contribution in [3.63, 3.8) is 0 Å². The molecule has 2 aliphatic rings. The molecule has 32 heavy (non-hydrogen) atoms. The molecule has 5 nitrogen and oxygen atoms in total. The van der Waals surface area contributed by atoms with Crippen molar-refractivity contribution >= 4 is 52.1 Å². The first kappa shape index (κ1) is 23.4. The molecule has 2 aromatic carbocycles. The predicted molar refractivity (Wildman–Crippen MR) is 131 cm³/mol. The Labute approximate surface area is 203 Å². The molecule has 8 heteroatoms. The zero-order valence-corrected chi connectivity index (χ0v) is 20.6. The van der Waals surface area contributed by atoms with Gasteiger partial charge in [-0.15, -0.1) is 0 Å². The van der Waals surface area contributed by atoms with Gasteiger partial charge in [0.25, 0.3) is 5.91 Å². The molecule has 2 unspecified atom stereocenters. The van der Waals surface area contributed by atoms with Gasteiger partial charge >= 0.3 is 0 Å². The molecular weight excluding hydrogens is 469 g/mol. The second kappa shape index (κ2) is 9.22. The third kappa shape index (κ3) is 4.49. The SMILES string of the molecule is COC(C)(C)C1CCCN1C(=O)C1=NN(c2ccc(Cl)cc2Cl)C(c2ccc(Cl)cc2)C1. The minimum Gasteiger partial charge on any atom is -0.377 e. The summed E-state index contributed by atoms with van der Waals surface area (Å²) in [7, 11) is 1.69. The molecule has 0 N–H and O–H groups in total. The van der Waals surface area contributed by atoms with E-state index in [9.17, 15) is 4.79 Å². The summed E-state index contributed by atoms with van der Waals surface area (Å²) in [5.74, 6) is -0.0517. The molecular formula is C24H26Cl3N3O2. The molecule has 2 heterocycles. The van der Waals surface area contributed by atoms with Crippen LogP contribution in [0.25, 0.3) is 0 Å². The predicted octanol–water partition coefficient (Wildman–Crippen LogP) is 6.37. The second-order valence-corrected chi connectivity index (χ2v) is 10.0. The number of carbonyl (C=O) groups excluding carboxylic acids is 1. The Kier molecular flexibility index (Phi) is 6.73. The van der Waals surface area contributed by atoms with E-state index < -0.39 is 5.60 Å². The largest absolute Gasteiger partial charge is 0.377 e. The molecule has 2 aromatic rings. The lowest BCUT2D eigenvalue weighted by Crippen LogP contribution is -2.51. The number of hydrogen-bond acceptors (Lipinski definition) is 4. The lowest BCUT2D eigenvalue weighted by molar-refractivity contribution is -0.130. The Hall–Kier alpha value is -1.79. The van der Waals surface area contributed by atoms with Crippen molar-refractivity contribution < 1.29 is 9.53 Å². The van der Waals surface area contributed by atoms with Crippen LogP contribution in [-0.2, 0) is 9.53 Å². The zero-order valence-electron chi connectivity index (χ0n) is 18.3. The van der Waals surface area contributed by atoms with Crippen molar-refractivity contribution in [2.75, 3.05) is 18.7 Å². The summed E-state index contributed by atoms with van der Waals surface area (Å²) < 4.78 is 5.70. The van der Waals surface area contributed by atoms with Crippen molar-refractivity contribution in [2.45, 2.75) is 50.8 Å². The van der Waals surface area contributed by atoms with E-state index in [1.165, 1.54) is 0 Å². The Balaban J connectivity index is 1.69. The van der Waals surface area contributed by atoms with Crippen molar-refractivity contribution in [1.82, 2.24) is 4.90 Å². The fraction of sp³-hybridized carbons (Fsp3) is 0.417. The summed E-state index contributed by atoms with van der Waals surface area (Å²) in [6.07, 6.45) is 2.33. The van der Waals surface area contributed by atoms with Gasteiger partial charge in [-0.2, -0.15) is 5.10 Å². The topological polar surface area (TPSA) is 45.1 Å². The van der Waals surface area contributed by atoms with Gasteiger partial charge in [-0.25, -0.2) is 0 Å². The Morgan fingerprint density at radius 1 is 1.09 bits per heavy atom. The normalized spacial score (nSPS) is 21.2. The molecule has 0 aromatic heterocycles. The van der Waals surface area contributed by atoms with Crippen molar-refractivity contribution in [2.24, 2.45) is 5.10 Å². The van der Waals surface area contributed by atoms with Crippen molar-refractivity contribution in [3.8, 4) is 0 Å². The number of hydrogen-bond donors (Lipinski definition) is 0. The maximum Gasteiger partial charge on any atom is 0.270 e. The average molecular weight is 495 g/mol. The number of ether oxygens (including phenoxy) is 1. The third-order valence-corrected chi connectivity index (χ3v) is 7.20. The minimum atomic E-state index is -0.430. The van der Waals surface area contributed by atoms with Crippen LogP contribution in [0.3, 0.4) is 0 Å². The lowest BCUT2D eigenvalue weighted by Gasteiger charge is -2.36. The maximum atomic E-state index is 13.6. The number of anilines is 1. The number of halogens is 3. The molecule has 4 rings (SSSR count). The molecule has 2 atom stereocenters. The van der Waals surface area contributed by atoms with Crippen LogP contribution in [0.1, 0.15) is 44.7 Å². The van der Waals surface area contributed by atoms with E-state index >= 15 is 0 Å². The standard InChI is InChI=1S/C24H26Cl3N3O2/c1-24(2,32-3)22-5-4-12-29(22)23(31)19-14-21(15-6-8-16(25)9-7-15)30(28-19)20-11-10-17(26)13-18(20)27/h6-11,13,21-22H,4-5,12,14H2,1-3H3. The van der Waals surface area contributed by atoms with Crippen LogP contribution < -0.4 is 5.01 Å². The highest BCUT2D eigenvalue weighted by molar-refractivity contribution is 6.40. The fourth-order valence-electron chi connectivity index (χ4n) is 4.51. The molecule has 0 bridgehead atoms. The Morgan fingerprint density at radius 2 is 1.78 bits per heavy atom. The van der Waals surface area contributed by atoms with Crippen molar-refractivity contribution in [3.05, 3.63) is 63.1 Å². The van der Waals surface area contributed by atoms with Gasteiger partial charge in [0, 0.05) is 30.1 Å². The lowest BCUT2D eigenvalue weighted by atomic mass is 9.95. The number of hydrazone groups is 1. The van der Waals surface area contributed by atoms with E-state index in [0.29, 0.717) is 39.4 Å². The van der Waals surface area contributed by atoms with E-state index in [1.807, 2.05) is 54.1 Å². The van der Waals surface area contributed by atoms with Crippen LogP contribution in [0, 0.1) is 0 Å². The van der Waals surface area contributed by atoms with Gasteiger partial charge in [-0.1, -0.05) is 46.9 Å².